The van der Waals surface area contributed by atoms with Crippen LogP contribution in [0.2, 0.25) is 5.02 Å². The predicted molar refractivity (Wildman–Crippen MR) is 122 cm³/mol. The SMILES string of the molecule is Cc1cc(C#Cc2ccccc2)cnc1NC(=O)c1cc(C(=O)N2CC(F)(F)C2)ccc1Cl. The number of halogens is 3. The number of carbonyl (C=O) groups is 2. The number of pyridine rings is 1. The molecule has 1 aliphatic rings. The Bertz CT molecular complexity index is 1290. The molecule has 1 aromatic heterocycles. The number of hydrogen-bond acceptors (Lipinski definition) is 3. The van der Waals surface area contributed by atoms with E-state index in [4.69, 9.17) is 11.6 Å². The summed E-state index contributed by atoms with van der Waals surface area (Å²) >= 11 is 6.15. The van der Waals surface area contributed by atoms with Gasteiger partial charge in [0.25, 0.3) is 17.7 Å². The second-order valence-electron chi connectivity index (χ2n) is 7.67. The molecule has 0 unspecified atom stereocenters. The van der Waals surface area contributed by atoms with Gasteiger partial charge in [-0.25, -0.2) is 13.8 Å². The van der Waals surface area contributed by atoms with Gasteiger partial charge in [0, 0.05) is 22.9 Å². The van der Waals surface area contributed by atoms with Gasteiger partial charge in [-0.3, -0.25) is 9.59 Å². The molecule has 1 saturated heterocycles. The Morgan fingerprint density at radius 2 is 1.76 bits per heavy atom. The Morgan fingerprint density at radius 1 is 1.06 bits per heavy atom. The number of benzene rings is 2. The molecule has 1 N–H and O–H groups in total. The third kappa shape index (κ3) is 5.18. The lowest BCUT2D eigenvalue weighted by Gasteiger charge is -2.38. The molecular weight excluding hydrogens is 448 g/mol. The molecule has 2 heterocycles. The van der Waals surface area contributed by atoms with Gasteiger partial charge in [0.2, 0.25) is 0 Å². The van der Waals surface area contributed by atoms with Crippen LogP contribution in [0, 0.1) is 18.8 Å². The molecule has 0 spiro atoms. The van der Waals surface area contributed by atoms with Crippen LogP contribution < -0.4 is 5.32 Å². The lowest BCUT2D eigenvalue weighted by atomic mass is 10.1. The fourth-order valence-corrected chi connectivity index (χ4v) is 3.49. The topological polar surface area (TPSA) is 62.3 Å². The number of nitrogens with one attached hydrogen (secondary N) is 1. The summed E-state index contributed by atoms with van der Waals surface area (Å²) in [5.41, 5.74) is 2.40. The van der Waals surface area contributed by atoms with Crippen molar-refractivity contribution >= 4 is 29.2 Å². The van der Waals surface area contributed by atoms with E-state index >= 15 is 0 Å². The molecule has 33 heavy (non-hydrogen) atoms. The second kappa shape index (κ2) is 9.00. The van der Waals surface area contributed by atoms with Crippen LogP contribution in [0.3, 0.4) is 0 Å². The number of carbonyl (C=O) groups excluding carboxylic acids is 2. The maximum atomic E-state index is 13.1. The van der Waals surface area contributed by atoms with Gasteiger partial charge in [-0.05, 0) is 48.9 Å². The van der Waals surface area contributed by atoms with Gasteiger partial charge in [-0.1, -0.05) is 41.6 Å². The lowest BCUT2D eigenvalue weighted by Crippen LogP contribution is -2.58. The van der Waals surface area contributed by atoms with Crippen LogP contribution in [0.5, 0.6) is 0 Å². The molecule has 2 aromatic carbocycles. The molecule has 166 valence electrons. The third-order valence-corrected chi connectivity index (χ3v) is 5.35. The van der Waals surface area contributed by atoms with Crippen molar-refractivity contribution in [3.8, 4) is 11.8 Å². The molecule has 0 atom stereocenters. The molecule has 4 rings (SSSR count). The zero-order chi connectivity index (χ0) is 23.6. The first kappa shape index (κ1) is 22.4. The highest BCUT2D eigenvalue weighted by Crippen LogP contribution is 2.29. The number of aromatic nitrogens is 1. The minimum Gasteiger partial charge on any atom is -0.326 e. The van der Waals surface area contributed by atoms with E-state index in [1.165, 1.54) is 18.2 Å². The van der Waals surface area contributed by atoms with Crippen molar-refractivity contribution in [3.05, 3.63) is 93.6 Å². The molecule has 3 aromatic rings. The number of alkyl halides is 2. The van der Waals surface area contributed by atoms with Crippen molar-refractivity contribution in [2.24, 2.45) is 0 Å². The number of rotatable bonds is 3. The van der Waals surface area contributed by atoms with Gasteiger partial charge < -0.3 is 10.2 Å². The van der Waals surface area contributed by atoms with E-state index in [9.17, 15) is 18.4 Å². The summed E-state index contributed by atoms with van der Waals surface area (Å²) in [7, 11) is 0. The molecule has 5 nitrogen and oxygen atoms in total. The number of nitrogens with zero attached hydrogens (tertiary/aromatic N) is 2. The summed E-state index contributed by atoms with van der Waals surface area (Å²) in [6.45, 7) is 0.499. The average molecular weight is 466 g/mol. The van der Waals surface area contributed by atoms with E-state index in [0.29, 0.717) is 16.9 Å². The minimum absolute atomic E-state index is 0.0453. The zero-order valence-corrected chi connectivity index (χ0v) is 18.3. The van der Waals surface area contributed by atoms with Crippen LogP contribution in [0.25, 0.3) is 0 Å². The lowest BCUT2D eigenvalue weighted by molar-refractivity contribution is -0.113. The molecule has 2 amide bonds. The summed E-state index contributed by atoms with van der Waals surface area (Å²) in [5.74, 6) is 2.37. The second-order valence-corrected chi connectivity index (χ2v) is 8.08. The molecule has 8 heteroatoms. The first-order valence-electron chi connectivity index (χ1n) is 10.0. The minimum atomic E-state index is -2.87. The number of likely N-dealkylation sites (tertiary alicyclic amines) is 1. The molecule has 1 aliphatic heterocycles. The Morgan fingerprint density at radius 3 is 2.42 bits per heavy atom. The smallest absolute Gasteiger partial charge is 0.282 e. The van der Waals surface area contributed by atoms with Crippen LogP contribution in [0.1, 0.15) is 37.4 Å². The van der Waals surface area contributed by atoms with E-state index in [0.717, 1.165) is 10.5 Å². The molecular formula is C25H18ClF2N3O2. The molecule has 1 fully saturated rings. The van der Waals surface area contributed by atoms with Crippen molar-refractivity contribution in [1.82, 2.24) is 9.88 Å². The van der Waals surface area contributed by atoms with Crippen molar-refractivity contribution in [2.45, 2.75) is 12.8 Å². The van der Waals surface area contributed by atoms with Crippen LogP contribution in [0.4, 0.5) is 14.6 Å². The van der Waals surface area contributed by atoms with Gasteiger partial charge in [-0.15, -0.1) is 0 Å². The van der Waals surface area contributed by atoms with Crippen molar-refractivity contribution in [3.63, 3.8) is 0 Å². The van der Waals surface area contributed by atoms with E-state index in [1.807, 2.05) is 30.3 Å². The van der Waals surface area contributed by atoms with Crippen LogP contribution in [-0.4, -0.2) is 40.7 Å². The van der Waals surface area contributed by atoms with Gasteiger partial charge in [0.1, 0.15) is 5.82 Å². The highest BCUT2D eigenvalue weighted by molar-refractivity contribution is 6.34. The number of hydrogen-bond donors (Lipinski definition) is 1. The van der Waals surface area contributed by atoms with Crippen molar-refractivity contribution in [2.75, 3.05) is 18.4 Å². The maximum Gasteiger partial charge on any atom is 0.282 e. The predicted octanol–water partition coefficient (Wildman–Crippen LogP) is 4.79. The standard InChI is InChI=1S/C25H18ClF2N3O2/c1-16-11-18(8-7-17-5-3-2-4-6-17)13-29-22(16)30-23(32)20-12-19(9-10-21(20)26)24(33)31-14-25(27,28)15-31/h2-6,9-13H,14-15H2,1H3,(H,29,30,32). The Hall–Kier alpha value is -3.76. The number of anilines is 1. The summed E-state index contributed by atoms with van der Waals surface area (Å²) in [5, 5.41) is 2.80. The van der Waals surface area contributed by atoms with E-state index in [2.05, 4.69) is 22.1 Å². The Kier molecular flexibility index (Phi) is 6.12. The maximum absolute atomic E-state index is 13.1. The molecule has 0 aliphatic carbocycles. The highest BCUT2D eigenvalue weighted by Gasteiger charge is 2.46. The summed E-state index contributed by atoms with van der Waals surface area (Å²) < 4.78 is 26.2. The van der Waals surface area contributed by atoms with Crippen molar-refractivity contribution < 1.29 is 18.4 Å². The summed E-state index contributed by atoms with van der Waals surface area (Å²) in [6, 6.07) is 15.4. The van der Waals surface area contributed by atoms with Crippen LogP contribution in [0.15, 0.2) is 60.8 Å². The molecule has 0 radical (unpaired) electrons. The fraction of sp³-hybridized carbons (Fsp3) is 0.160. The first-order valence-corrected chi connectivity index (χ1v) is 10.4. The normalized spacial score (nSPS) is 14.0. The fourth-order valence-electron chi connectivity index (χ4n) is 3.29. The Labute approximate surface area is 194 Å². The van der Waals surface area contributed by atoms with Gasteiger partial charge in [-0.2, -0.15) is 0 Å². The summed E-state index contributed by atoms with van der Waals surface area (Å²) in [6.07, 6.45) is 1.55. The largest absolute Gasteiger partial charge is 0.326 e. The molecule has 0 bridgehead atoms. The van der Waals surface area contributed by atoms with Crippen molar-refractivity contribution in [1.29, 1.82) is 0 Å². The quantitative estimate of drug-likeness (QED) is 0.566. The van der Waals surface area contributed by atoms with E-state index in [1.54, 1.807) is 19.2 Å². The van der Waals surface area contributed by atoms with Crippen LogP contribution >= 0.6 is 11.6 Å². The summed E-state index contributed by atoms with van der Waals surface area (Å²) in [4.78, 5) is 30.5. The highest BCUT2D eigenvalue weighted by atomic mass is 35.5. The average Bonchev–Trinajstić information content (AvgIpc) is 2.78. The van der Waals surface area contributed by atoms with E-state index < -0.39 is 30.8 Å². The zero-order valence-electron chi connectivity index (χ0n) is 17.5. The Balaban J connectivity index is 1.49. The van der Waals surface area contributed by atoms with Gasteiger partial charge in [0.15, 0.2) is 0 Å². The van der Waals surface area contributed by atoms with Gasteiger partial charge in [0.05, 0.1) is 23.7 Å². The van der Waals surface area contributed by atoms with Crippen LogP contribution in [-0.2, 0) is 0 Å². The first-order chi connectivity index (χ1) is 15.7. The van der Waals surface area contributed by atoms with E-state index in [-0.39, 0.29) is 16.1 Å². The molecule has 0 saturated carbocycles. The number of amides is 2. The number of aryl methyl sites for hydroxylation is 1. The monoisotopic (exact) mass is 465 g/mol. The van der Waals surface area contributed by atoms with Gasteiger partial charge >= 0.3 is 0 Å². The third-order valence-electron chi connectivity index (χ3n) is 5.02.